The molecular weight excluding hydrogens is 392 g/mol. The van der Waals surface area contributed by atoms with E-state index in [1.54, 1.807) is 4.90 Å². The summed E-state index contributed by atoms with van der Waals surface area (Å²) < 4.78 is 11.4. The van der Waals surface area contributed by atoms with Crippen molar-refractivity contribution < 1.29 is 19.1 Å². The lowest BCUT2D eigenvalue weighted by Gasteiger charge is -2.39. The van der Waals surface area contributed by atoms with E-state index in [-0.39, 0.29) is 12.0 Å². The number of likely N-dealkylation sites (tertiary alicyclic amines) is 1. The third-order valence-corrected chi connectivity index (χ3v) is 5.87. The number of piperidine rings is 1. The van der Waals surface area contributed by atoms with Crippen LogP contribution in [0, 0.1) is 5.41 Å². The maximum absolute atomic E-state index is 13.4. The molecule has 2 fully saturated rings. The molecule has 31 heavy (non-hydrogen) atoms. The van der Waals surface area contributed by atoms with Crippen LogP contribution in [0.4, 0.5) is 10.5 Å². The molecule has 0 saturated carbocycles. The van der Waals surface area contributed by atoms with Gasteiger partial charge in [-0.05, 0) is 76.4 Å². The first-order valence-electron chi connectivity index (χ1n) is 10.9. The molecule has 2 saturated heterocycles. The fourth-order valence-electron chi connectivity index (χ4n) is 4.38. The van der Waals surface area contributed by atoms with Crippen molar-refractivity contribution in [1.82, 2.24) is 4.90 Å². The lowest BCUT2D eigenvalue weighted by Crippen LogP contribution is -2.51. The first-order valence-corrected chi connectivity index (χ1v) is 10.9. The summed E-state index contributed by atoms with van der Waals surface area (Å²) in [5.41, 5.74) is -0.206. The topological polar surface area (TPSA) is 59.1 Å². The van der Waals surface area contributed by atoms with Gasteiger partial charge in [-0.15, -0.1) is 0 Å². The number of hydrogen-bond acceptors (Lipinski definition) is 4. The van der Waals surface area contributed by atoms with Crippen molar-refractivity contribution in [2.24, 2.45) is 5.41 Å². The Balaban J connectivity index is 1.44. The van der Waals surface area contributed by atoms with Gasteiger partial charge < -0.3 is 19.3 Å². The van der Waals surface area contributed by atoms with Crippen LogP contribution < -0.4 is 9.64 Å². The summed E-state index contributed by atoms with van der Waals surface area (Å²) in [7, 11) is 0. The predicted molar refractivity (Wildman–Crippen MR) is 119 cm³/mol. The standard InChI is InChI=1S/C25H30N2O4/c1-24(2,3)31-23(29)26-16-7-14-25(18-26)15-17-27(22(25)28)19-10-12-21(13-11-19)30-20-8-5-4-6-9-20/h4-6,8-13H,7,14-18H2,1-3H3. The molecule has 2 aliphatic heterocycles. The second-order valence-electron chi connectivity index (χ2n) is 9.40. The van der Waals surface area contributed by atoms with E-state index in [1.807, 2.05) is 80.3 Å². The molecule has 1 atom stereocenters. The van der Waals surface area contributed by atoms with E-state index in [0.29, 0.717) is 19.6 Å². The highest BCUT2D eigenvalue weighted by Crippen LogP contribution is 2.42. The normalized spacial score (nSPS) is 21.5. The van der Waals surface area contributed by atoms with E-state index >= 15 is 0 Å². The minimum absolute atomic E-state index is 0.0949. The number of para-hydroxylation sites is 1. The van der Waals surface area contributed by atoms with Crippen LogP contribution in [-0.4, -0.2) is 42.1 Å². The van der Waals surface area contributed by atoms with Crippen molar-refractivity contribution in [3.05, 3.63) is 54.6 Å². The van der Waals surface area contributed by atoms with E-state index in [0.717, 1.165) is 36.4 Å². The fourth-order valence-corrected chi connectivity index (χ4v) is 4.38. The zero-order chi connectivity index (χ0) is 22.1. The van der Waals surface area contributed by atoms with Gasteiger partial charge in [0.15, 0.2) is 0 Å². The van der Waals surface area contributed by atoms with Crippen LogP contribution in [0.1, 0.15) is 40.0 Å². The summed E-state index contributed by atoms with van der Waals surface area (Å²) in [6, 6.07) is 17.2. The highest BCUT2D eigenvalue weighted by Gasteiger charge is 2.50. The average Bonchev–Trinajstić information content (AvgIpc) is 3.04. The average molecular weight is 423 g/mol. The van der Waals surface area contributed by atoms with Crippen molar-refractivity contribution in [2.45, 2.75) is 45.6 Å². The molecule has 1 unspecified atom stereocenters. The van der Waals surface area contributed by atoms with Gasteiger partial charge in [0.05, 0.1) is 5.41 Å². The van der Waals surface area contributed by atoms with Crippen molar-refractivity contribution in [3.8, 4) is 11.5 Å². The molecule has 0 aromatic heterocycles. The molecule has 0 N–H and O–H groups in total. The molecule has 2 heterocycles. The number of carbonyl (C=O) groups excluding carboxylic acids is 2. The van der Waals surface area contributed by atoms with Gasteiger partial charge in [-0.2, -0.15) is 0 Å². The van der Waals surface area contributed by atoms with Crippen LogP contribution in [0.5, 0.6) is 11.5 Å². The Hall–Kier alpha value is -3.02. The second kappa shape index (κ2) is 8.25. The molecule has 1 spiro atoms. The lowest BCUT2D eigenvalue weighted by atomic mass is 9.78. The SMILES string of the molecule is CC(C)(C)OC(=O)N1CCCC2(CCN(c3ccc(Oc4ccccc4)cc3)C2=O)C1. The maximum Gasteiger partial charge on any atom is 0.410 e. The zero-order valence-corrected chi connectivity index (χ0v) is 18.5. The number of hydrogen-bond donors (Lipinski definition) is 0. The summed E-state index contributed by atoms with van der Waals surface area (Å²) in [6.45, 7) is 7.29. The Labute approximate surface area is 183 Å². The van der Waals surface area contributed by atoms with Crippen LogP contribution in [0.25, 0.3) is 0 Å². The van der Waals surface area contributed by atoms with E-state index in [4.69, 9.17) is 9.47 Å². The van der Waals surface area contributed by atoms with E-state index < -0.39 is 11.0 Å². The molecule has 164 valence electrons. The summed E-state index contributed by atoms with van der Waals surface area (Å²) in [5, 5.41) is 0. The number of nitrogens with zero attached hydrogens (tertiary/aromatic N) is 2. The minimum Gasteiger partial charge on any atom is -0.457 e. The molecule has 2 amide bonds. The molecule has 2 aromatic carbocycles. The Kier molecular flexibility index (Phi) is 5.65. The van der Waals surface area contributed by atoms with E-state index in [9.17, 15) is 9.59 Å². The first-order chi connectivity index (χ1) is 14.8. The number of carbonyl (C=O) groups is 2. The molecule has 2 aliphatic rings. The number of benzene rings is 2. The third kappa shape index (κ3) is 4.68. The van der Waals surface area contributed by atoms with E-state index in [1.165, 1.54) is 0 Å². The fraction of sp³-hybridized carbons (Fsp3) is 0.440. The predicted octanol–water partition coefficient (Wildman–Crippen LogP) is 5.23. The minimum atomic E-state index is -0.545. The Morgan fingerprint density at radius 3 is 2.29 bits per heavy atom. The Bertz CT molecular complexity index is 936. The molecule has 4 rings (SSSR count). The van der Waals surface area contributed by atoms with Gasteiger partial charge in [0.2, 0.25) is 5.91 Å². The molecular formula is C25H30N2O4. The quantitative estimate of drug-likeness (QED) is 0.679. The lowest BCUT2D eigenvalue weighted by molar-refractivity contribution is -0.128. The highest BCUT2D eigenvalue weighted by atomic mass is 16.6. The number of anilines is 1. The highest BCUT2D eigenvalue weighted by molar-refractivity contribution is 6.00. The molecule has 0 bridgehead atoms. The van der Waals surface area contributed by atoms with Gasteiger partial charge in [0.1, 0.15) is 17.1 Å². The number of amides is 2. The van der Waals surface area contributed by atoms with Crippen molar-refractivity contribution >= 4 is 17.7 Å². The van der Waals surface area contributed by atoms with Crippen molar-refractivity contribution in [3.63, 3.8) is 0 Å². The van der Waals surface area contributed by atoms with Gasteiger partial charge in [0, 0.05) is 25.3 Å². The summed E-state index contributed by atoms with van der Waals surface area (Å²) >= 11 is 0. The number of rotatable bonds is 3. The maximum atomic E-state index is 13.4. The van der Waals surface area contributed by atoms with Crippen molar-refractivity contribution in [2.75, 3.05) is 24.5 Å². The Morgan fingerprint density at radius 2 is 1.61 bits per heavy atom. The van der Waals surface area contributed by atoms with Gasteiger partial charge in [-0.1, -0.05) is 18.2 Å². The van der Waals surface area contributed by atoms with Crippen LogP contribution in [0.3, 0.4) is 0 Å². The molecule has 0 aliphatic carbocycles. The van der Waals surface area contributed by atoms with Gasteiger partial charge >= 0.3 is 6.09 Å². The van der Waals surface area contributed by atoms with Gasteiger partial charge in [0.25, 0.3) is 0 Å². The van der Waals surface area contributed by atoms with E-state index in [2.05, 4.69) is 0 Å². The smallest absolute Gasteiger partial charge is 0.410 e. The van der Waals surface area contributed by atoms with Crippen LogP contribution >= 0.6 is 0 Å². The van der Waals surface area contributed by atoms with Crippen molar-refractivity contribution in [1.29, 1.82) is 0 Å². The summed E-state index contributed by atoms with van der Waals surface area (Å²) in [5.74, 6) is 1.60. The summed E-state index contributed by atoms with van der Waals surface area (Å²) in [6.07, 6.45) is 2.02. The summed E-state index contributed by atoms with van der Waals surface area (Å²) in [4.78, 5) is 29.5. The van der Waals surface area contributed by atoms with Crippen LogP contribution in [0.15, 0.2) is 54.6 Å². The molecule has 6 nitrogen and oxygen atoms in total. The largest absolute Gasteiger partial charge is 0.457 e. The second-order valence-corrected chi connectivity index (χ2v) is 9.40. The van der Waals surface area contributed by atoms with Gasteiger partial charge in [-0.3, -0.25) is 4.79 Å². The number of ether oxygens (including phenoxy) is 2. The van der Waals surface area contributed by atoms with Crippen LogP contribution in [-0.2, 0) is 9.53 Å². The third-order valence-electron chi connectivity index (χ3n) is 5.87. The first kappa shape index (κ1) is 21.2. The molecule has 6 heteroatoms. The van der Waals surface area contributed by atoms with Crippen LogP contribution in [0.2, 0.25) is 0 Å². The molecule has 0 radical (unpaired) electrons. The Morgan fingerprint density at radius 1 is 0.935 bits per heavy atom. The molecule has 2 aromatic rings. The monoisotopic (exact) mass is 422 g/mol. The zero-order valence-electron chi connectivity index (χ0n) is 18.5. The van der Waals surface area contributed by atoms with Gasteiger partial charge in [-0.25, -0.2) is 4.79 Å².